The topological polar surface area (TPSA) is 45.7 Å². The summed E-state index contributed by atoms with van der Waals surface area (Å²) in [6.07, 6.45) is -4.71. The number of rotatable bonds is 7. The fourth-order valence-corrected chi connectivity index (χ4v) is 4.60. The molecule has 37 heavy (non-hydrogen) atoms. The maximum Gasteiger partial charge on any atom is 0.416 e. The van der Waals surface area contributed by atoms with Crippen LogP contribution in [0.4, 0.5) is 13.2 Å². The van der Waals surface area contributed by atoms with Crippen LogP contribution in [0.15, 0.2) is 60.7 Å². The van der Waals surface area contributed by atoms with Gasteiger partial charge in [0, 0.05) is 49.0 Å². The van der Waals surface area contributed by atoms with E-state index in [1.165, 1.54) is 12.1 Å². The van der Waals surface area contributed by atoms with Crippen LogP contribution in [-0.4, -0.2) is 53.4 Å². The second-order valence-electron chi connectivity index (χ2n) is 8.96. The summed E-state index contributed by atoms with van der Waals surface area (Å²) in [4.78, 5) is 21.1. The number of amides is 1. The van der Waals surface area contributed by atoms with Crippen LogP contribution in [0.3, 0.4) is 0 Å². The monoisotopic (exact) mass is 551 g/mol. The zero-order valence-electron chi connectivity index (χ0n) is 20.1. The van der Waals surface area contributed by atoms with E-state index in [-0.39, 0.29) is 23.8 Å². The number of ether oxygens (including phenoxy) is 1. The lowest BCUT2D eigenvalue weighted by Gasteiger charge is -2.36. The van der Waals surface area contributed by atoms with E-state index in [0.717, 1.165) is 17.7 Å². The van der Waals surface area contributed by atoms with Crippen molar-refractivity contribution >= 4 is 29.1 Å². The minimum atomic E-state index is -4.38. The number of halogens is 5. The highest BCUT2D eigenvalue weighted by molar-refractivity contribution is 6.30. The summed E-state index contributed by atoms with van der Waals surface area (Å²) in [5.74, 6) is -0.0835. The summed E-state index contributed by atoms with van der Waals surface area (Å²) in [7, 11) is 0. The molecule has 3 aromatic rings. The van der Waals surface area contributed by atoms with Crippen molar-refractivity contribution in [3.63, 3.8) is 0 Å². The molecule has 0 radical (unpaired) electrons. The average Bonchev–Trinajstić information content (AvgIpc) is 2.86. The summed E-state index contributed by atoms with van der Waals surface area (Å²) in [5, 5.41) is 0.891. The van der Waals surface area contributed by atoms with Crippen molar-refractivity contribution in [2.45, 2.75) is 25.8 Å². The van der Waals surface area contributed by atoms with Crippen molar-refractivity contribution in [2.24, 2.45) is 0 Å². The number of aryl methyl sites for hydroxylation is 1. The lowest BCUT2D eigenvalue weighted by molar-refractivity contribution is -0.137. The number of benzene rings is 2. The highest BCUT2D eigenvalue weighted by atomic mass is 35.5. The van der Waals surface area contributed by atoms with Crippen molar-refractivity contribution in [1.82, 2.24) is 14.8 Å². The van der Waals surface area contributed by atoms with Crippen molar-refractivity contribution in [3.8, 4) is 0 Å². The second kappa shape index (κ2) is 11.8. The SMILES string of the molecule is Cc1cc(C(=O)N2CCN(C[C@@H](OCc3ccc(C(F)(F)F)cc3)c3ccc(Cl)cc3)CC2)cc(Cl)n1. The largest absolute Gasteiger partial charge is 0.416 e. The Bertz CT molecular complexity index is 1190. The lowest BCUT2D eigenvalue weighted by atomic mass is 10.1. The minimum absolute atomic E-state index is 0.0835. The third-order valence-electron chi connectivity index (χ3n) is 6.23. The molecule has 1 saturated heterocycles. The van der Waals surface area contributed by atoms with E-state index >= 15 is 0 Å². The standard InChI is InChI=1S/C27H26Cl2F3N3O2/c1-18-14-21(15-25(29)33-18)26(36)35-12-10-34(11-13-35)16-24(20-4-8-23(28)9-5-20)37-17-19-2-6-22(7-3-19)27(30,31)32/h2-9,14-15,24H,10-13,16-17H2,1H3/t24-/m1/s1. The zero-order valence-corrected chi connectivity index (χ0v) is 21.7. The van der Waals surface area contributed by atoms with Crippen molar-refractivity contribution in [3.05, 3.63) is 98.8 Å². The molecule has 0 saturated carbocycles. The van der Waals surface area contributed by atoms with Gasteiger partial charge in [-0.1, -0.05) is 47.5 Å². The molecule has 1 aromatic heterocycles. The van der Waals surface area contributed by atoms with Crippen LogP contribution in [0.25, 0.3) is 0 Å². The van der Waals surface area contributed by atoms with Crippen LogP contribution in [-0.2, 0) is 17.5 Å². The van der Waals surface area contributed by atoms with Gasteiger partial charge in [-0.15, -0.1) is 0 Å². The van der Waals surface area contributed by atoms with Gasteiger partial charge in [-0.05, 0) is 54.4 Å². The predicted molar refractivity (Wildman–Crippen MR) is 137 cm³/mol. The average molecular weight is 552 g/mol. The molecule has 0 spiro atoms. The molecule has 0 unspecified atom stereocenters. The Morgan fingerprint density at radius 3 is 2.24 bits per heavy atom. The molecule has 1 amide bonds. The Balaban J connectivity index is 1.39. The van der Waals surface area contributed by atoms with E-state index in [1.807, 2.05) is 12.1 Å². The maximum atomic E-state index is 12.9. The molecule has 1 atom stereocenters. The molecular formula is C27H26Cl2F3N3O2. The molecule has 5 nitrogen and oxygen atoms in total. The Kier molecular flexibility index (Phi) is 8.75. The minimum Gasteiger partial charge on any atom is -0.368 e. The Hall–Kier alpha value is -2.65. The van der Waals surface area contributed by atoms with E-state index in [1.54, 1.807) is 36.1 Å². The first-order chi connectivity index (χ1) is 17.6. The maximum absolute atomic E-state index is 12.9. The normalized spacial score (nSPS) is 15.6. The Labute approximate surface area is 223 Å². The predicted octanol–water partition coefficient (Wildman–Crippen LogP) is 6.43. The molecule has 1 fully saturated rings. The number of hydrogen-bond acceptors (Lipinski definition) is 4. The van der Waals surface area contributed by atoms with Crippen LogP contribution in [0.1, 0.15) is 38.8 Å². The summed E-state index contributed by atoms with van der Waals surface area (Å²) in [6.45, 7) is 4.90. The molecule has 1 aliphatic rings. The Morgan fingerprint density at radius 2 is 1.65 bits per heavy atom. The molecule has 0 bridgehead atoms. The van der Waals surface area contributed by atoms with Gasteiger partial charge in [-0.2, -0.15) is 13.2 Å². The van der Waals surface area contributed by atoms with Crippen molar-refractivity contribution in [2.75, 3.05) is 32.7 Å². The number of alkyl halides is 3. The summed E-state index contributed by atoms with van der Waals surface area (Å²) >= 11 is 12.1. The van der Waals surface area contributed by atoms with E-state index in [9.17, 15) is 18.0 Å². The highest BCUT2D eigenvalue weighted by Gasteiger charge is 2.30. The molecule has 1 aliphatic heterocycles. The number of piperazine rings is 1. The highest BCUT2D eigenvalue weighted by Crippen LogP contribution is 2.30. The molecule has 10 heteroatoms. The molecule has 2 aromatic carbocycles. The van der Waals surface area contributed by atoms with E-state index in [2.05, 4.69) is 9.88 Å². The van der Waals surface area contributed by atoms with Crippen LogP contribution >= 0.6 is 23.2 Å². The Morgan fingerprint density at radius 1 is 1.00 bits per heavy atom. The number of nitrogens with zero attached hydrogens (tertiary/aromatic N) is 3. The molecule has 4 rings (SSSR count). The van der Waals surface area contributed by atoms with Gasteiger partial charge in [0.05, 0.1) is 18.3 Å². The van der Waals surface area contributed by atoms with Gasteiger partial charge in [0.25, 0.3) is 5.91 Å². The van der Waals surface area contributed by atoms with Gasteiger partial charge in [0.2, 0.25) is 0 Å². The number of aromatic nitrogens is 1. The van der Waals surface area contributed by atoms with Gasteiger partial charge >= 0.3 is 6.18 Å². The van der Waals surface area contributed by atoms with Crippen molar-refractivity contribution in [1.29, 1.82) is 0 Å². The van der Waals surface area contributed by atoms with Gasteiger partial charge in [0.1, 0.15) is 5.15 Å². The number of carbonyl (C=O) groups excluding carboxylic acids is 1. The molecule has 0 aliphatic carbocycles. The summed E-state index contributed by atoms with van der Waals surface area (Å²) in [6, 6.07) is 15.6. The van der Waals surface area contributed by atoms with Gasteiger partial charge in [-0.3, -0.25) is 9.69 Å². The smallest absolute Gasteiger partial charge is 0.368 e. The zero-order chi connectivity index (χ0) is 26.6. The first-order valence-electron chi connectivity index (χ1n) is 11.8. The van der Waals surface area contributed by atoms with E-state index in [0.29, 0.717) is 54.6 Å². The lowest BCUT2D eigenvalue weighted by Crippen LogP contribution is -2.49. The molecule has 196 valence electrons. The third kappa shape index (κ3) is 7.45. The quantitative estimate of drug-likeness (QED) is 0.317. The van der Waals surface area contributed by atoms with E-state index in [4.69, 9.17) is 27.9 Å². The van der Waals surface area contributed by atoms with Crippen LogP contribution < -0.4 is 0 Å². The van der Waals surface area contributed by atoms with E-state index < -0.39 is 11.7 Å². The van der Waals surface area contributed by atoms with Gasteiger partial charge < -0.3 is 9.64 Å². The van der Waals surface area contributed by atoms with Crippen molar-refractivity contribution < 1.29 is 22.7 Å². The van der Waals surface area contributed by atoms with Gasteiger partial charge in [-0.25, -0.2) is 4.98 Å². The number of carbonyl (C=O) groups is 1. The number of hydrogen-bond donors (Lipinski definition) is 0. The first kappa shape index (κ1) is 27.4. The fourth-order valence-electron chi connectivity index (χ4n) is 4.22. The molecular weight excluding hydrogens is 526 g/mol. The van der Waals surface area contributed by atoms with Crippen LogP contribution in [0, 0.1) is 6.92 Å². The van der Waals surface area contributed by atoms with Crippen LogP contribution in [0.2, 0.25) is 10.2 Å². The first-order valence-corrected chi connectivity index (χ1v) is 12.5. The second-order valence-corrected chi connectivity index (χ2v) is 9.78. The van der Waals surface area contributed by atoms with Gasteiger partial charge in [0.15, 0.2) is 0 Å². The molecule has 0 N–H and O–H groups in total. The van der Waals surface area contributed by atoms with Crippen LogP contribution in [0.5, 0.6) is 0 Å². The number of pyridine rings is 1. The summed E-state index contributed by atoms with van der Waals surface area (Å²) < 4.78 is 44.8. The third-order valence-corrected chi connectivity index (χ3v) is 6.67. The molecule has 2 heterocycles. The summed E-state index contributed by atoms with van der Waals surface area (Å²) in [5.41, 5.74) is 2.07. The fraction of sp³-hybridized carbons (Fsp3) is 0.333.